The van der Waals surface area contributed by atoms with E-state index in [1.54, 1.807) is 9.13 Å². The molecule has 0 radical (unpaired) electrons. The highest BCUT2D eigenvalue weighted by Crippen LogP contribution is 2.29. The molecule has 5 rings (SSSR count). The number of aryl methyl sites for hydroxylation is 4. The van der Waals surface area contributed by atoms with Crippen LogP contribution >= 0.6 is 22.7 Å². The summed E-state index contributed by atoms with van der Waals surface area (Å²) < 4.78 is 3.34. The van der Waals surface area contributed by atoms with Crippen molar-refractivity contribution in [2.75, 3.05) is 0 Å². The summed E-state index contributed by atoms with van der Waals surface area (Å²) in [5, 5.41) is 1.38. The third-order valence-corrected chi connectivity index (χ3v) is 7.54. The summed E-state index contributed by atoms with van der Waals surface area (Å²) >= 11 is 3.07. The van der Waals surface area contributed by atoms with E-state index in [4.69, 9.17) is 9.97 Å². The van der Waals surface area contributed by atoms with Gasteiger partial charge in [0.05, 0.1) is 23.9 Å². The smallest absolute Gasteiger partial charge is 0.263 e. The Hall–Kier alpha value is -2.32. The second-order valence-electron chi connectivity index (χ2n) is 6.77. The van der Waals surface area contributed by atoms with Crippen molar-refractivity contribution in [2.45, 2.75) is 40.8 Å². The van der Waals surface area contributed by atoms with E-state index in [-0.39, 0.29) is 24.2 Å². The number of nitrogens with zero attached hydrogens (tertiary/aromatic N) is 4. The first-order valence-corrected chi connectivity index (χ1v) is 9.99. The minimum absolute atomic E-state index is 0.0361. The van der Waals surface area contributed by atoms with Gasteiger partial charge >= 0.3 is 0 Å². The van der Waals surface area contributed by atoms with Gasteiger partial charge in [0.2, 0.25) is 0 Å². The number of thiophene rings is 2. The van der Waals surface area contributed by atoms with Crippen LogP contribution in [0.1, 0.15) is 32.5 Å². The van der Waals surface area contributed by atoms with Crippen molar-refractivity contribution in [3.8, 4) is 0 Å². The summed E-state index contributed by atoms with van der Waals surface area (Å²) in [6.45, 7) is 8.50. The minimum Gasteiger partial charge on any atom is -0.287 e. The average Bonchev–Trinajstić information content (AvgIpc) is 3.04. The van der Waals surface area contributed by atoms with E-state index in [1.807, 2.05) is 27.7 Å². The summed E-state index contributed by atoms with van der Waals surface area (Å²) in [6.07, 6.45) is 0. The molecule has 4 aromatic rings. The predicted molar refractivity (Wildman–Crippen MR) is 105 cm³/mol. The van der Waals surface area contributed by atoms with Gasteiger partial charge in [-0.15, -0.1) is 22.7 Å². The Morgan fingerprint density at radius 3 is 1.50 bits per heavy atom. The van der Waals surface area contributed by atoms with E-state index in [0.717, 1.165) is 30.5 Å². The van der Waals surface area contributed by atoms with Crippen LogP contribution in [0.2, 0.25) is 0 Å². The molecule has 5 heterocycles. The molecule has 0 bridgehead atoms. The van der Waals surface area contributed by atoms with Crippen molar-refractivity contribution in [3.63, 3.8) is 0 Å². The number of fused-ring (bicyclic) bond motifs is 4. The molecule has 1 aliphatic rings. The van der Waals surface area contributed by atoms with Crippen LogP contribution in [0.3, 0.4) is 0 Å². The molecular weight excluding hydrogens is 368 g/mol. The van der Waals surface area contributed by atoms with Crippen molar-refractivity contribution in [1.82, 2.24) is 19.1 Å². The molecule has 0 amide bonds. The normalized spacial score (nSPS) is 13.4. The fraction of sp³-hybridized carbons (Fsp3) is 0.333. The quantitative estimate of drug-likeness (QED) is 0.412. The van der Waals surface area contributed by atoms with Gasteiger partial charge in [-0.1, -0.05) is 0 Å². The van der Waals surface area contributed by atoms with Gasteiger partial charge < -0.3 is 0 Å². The lowest BCUT2D eigenvalue weighted by Gasteiger charge is -2.21. The fourth-order valence-corrected chi connectivity index (χ4v) is 5.67. The molecule has 8 heteroatoms. The summed E-state index contributed by atoms with van der Waals surface area (Å²) in [5.74, 6) is 1.26. The monoisotopic (exact) mass is 384 g/mol. The molecule has 6 nitrogen and oxygen atoms in total. The van der Waals surface area contributed by atoms with Crippen LogP contribution in [0.15, 0.2) is 9.59 Å². The number of rotatable bonds is 0. The van der Waals surface area contributed by atoms with Gasteiger partial charge in [0.15, 0.2) is 0 Å². The van der Waals surface area contributed by atoms with Crippen LogP contribution < -0.4 is 11.1 Å². The molecule has 4 aromatic heterocycles. The average molecular weight is 384 g/mol. The van der Waals surface area contributed by atoms with Crippen molar-refractivity contribution < 1.29 is 0 Å². The second kappa shape index (κ2) is 5.11. The first-order chi connectivity index (χ1) is 12.4. The van der Waals surface area contributed by atoms with Crippen LogP contribution in [0.5, 0.6) is 0 Å². The summed E-state index contributed by atoms with van der Waals surface area (Å²) in [6, 6.07) is 0. The van der Waals surface area contributed by atoms with Crippen molar-refractivity contribution >= 4 is 43.1 Å². The summed E-state index contributed by atoms with van der Waals surface area (Å²) in [4.78, 5) is 39.2. The SMILES string of the molecule is Cc1sc2nc3n(c(=O)c2c1C)Cc1nc2sc(C)c(C)c2c(=O)n1C3. The maximum atomic E-state index is 13.0. The third kappa shape index (κ3) is 1.91. The first kappa shape index (κ1) is 15.9. The number of aromatic nitrogens is 4. The van der Waals surface area contributed by atoms with E-state index in [1.165, 1.54) is 22.7 Å². The summed E-state index contributed by atoms with van der Waals surface area (Å²) in [7, 11) is 0. The van der Waals surface area contributed by atoms with Gasteiger partial charge in [0.25, 0.3) is 11.1 Å². The Kier molecular flexibility index (Phi) is 3.12. The van der Waals surface area contributed by atoms with Crippen LogP contribution in [0, 0.1) is 27.7 Å². The molecule has 0 fully saturated rings. The lowest BCUT2D eigenvalue weighted by Crippen LogP contribution is -2.37. The van der Waals surface area contributed by atoms with Crippen LogP contribution in [-0.4, -0.2) is 19.1 Å². The molecule has 0 atom stereocenters. The highest BCUT2D eigenvalue weighted by Gasteiger charge is 2.25. The van der Waals surface area contributed by atoms with E-state index in [9.17, 15) is 9.59 Å². The molecule has 0 saturated carbocycles. The maximum Gasteiger partial charge on any atom is 0.263 e. The van der Waals surface area contributed by atoms with Gasteiger partial charge in [-0.05, 0) is 38.8 Å². The van der Waals surface area contributed by atoms with Gasteiger partial charge in [-0.2, -0.15) is 0 Å². The molecule has 0 spiro atoms. The Bertz CT molecular complexity index is 1260. The number of hydrogen-bond donors (Lipinski definition) is 0. The highest BCUT2D eigenvalue weighted by atomic mass is 32.1. The van der Waals surface area contributed by atoms with Gasteiger partial charge in [-0.3, -0.25) is 18.7 Å². The molecule has 0 N–H and O–H groups in total. The van der Waals surface area contributed by atoms with Crippen molar-refractivity contribution in [2.24, 2.45) is 0 Å². The zero-order valence-corrected chi connectivity index (χ0v) is 16.5. The Balaban J connectivity index is 1.81. The second-order valence-corrected chi connectivity index (χ2v) is 9.17. The highest BCUT2D eigenvalue weighted by molar-refractivity contribution is 7.19. The van der Waals surface area contributed by atoms with E-state index >= 15 is 0 Å². The fourth-order valence-electron chi connectivity index (χ4n) is 3.59. The largest absolute Gasteiger partial charge is 0.287 e. The lowest BCUT2D eigenvalue weighted by atomic mass is 10.2. The van der Waals surface area contributed by atoms with Gasteiger partial charge in [0.1, 0.15) is 21.3 Å². The zero-order chi connectivity index (χ0) is 18.3. The topological polar surface area (TPSA) is 69.8 Å². The molecule has 0 aromatic carbocycles. The molecule has 1 aliphatic heterocycles. The molecule has 0 aliphatic carbocycles. The van der Waals surface area contributed by atoms with Crippen LogP contribution in [-0.2, 0) is 13.1 Å². The molecule has 132 valence electrons. The standard InChI is InChI=1S/C18H16N4O2S2/c1-7-9(3)25-15-13(7)17(23)21-5-12-20-16-14(8(2)10(4)26-16)18(24)22(12)6-11(21)19-15/h5-6H2,1-4H3. The zero-order valence-electron chi connectivity index (χ0n) is 14.8. The molecule has 0 saturated heterocycles. The van der Waals surface area contributed by atoms with Crippen molar-refractivity contribution in [1.29, 1.82) is 0 Å². The van der Waals surface area contributed by atoms with E-state index in [2.05, 4.69) is 0 Å². The molecular formula is C18H16N4O2S2. The Morgan fingerprint density at radius 2 is 1.12 bits per heavy atom. The van der Waals surface area contributed by atoms with Gasteiger partial charge in [-0.25, -0.2) is 9.97 Å². The Labute approximate surface area is 156 Å². The number of hydrogen-bond acceptors (Lipinski definition) is 6. The molecule has 26 heavy (non-hydrogen) atoms. The molecule has 0 unspecified atom stereocenters. The van der Waals surface area contributed by atoms with Gasteiger partial charge in [0, 0.05) is 9.75 Å². The maximum absolute atomic E-state index is 13.0. The first-order valence-electron chi connectivity index (χ1n) is 8.35. The Morgan fingerprint density at radius 1 is 0.731 bits per heavy atom. The van der Waals surface area contributed by atoms with Crippen molar-refractivity contribution in [3.05, 3.63) is 53.2 Å². The third-order valence-electron chi connectivity index (χ3n) is 5.33. The minimum atomic E-state index is -0.0361. The summed E-state index contributed by atoms with van der Waals surface area (Å²) in [5.41, 5.74) is 1.92. The predicted octanol–water partition coefficient (Wildman–Crippen LogP) is 2.87. The van der Waals surface area contributed by atoms with Crippen LogP contribution in [0.25, 0.3) is 20.4 Å². The van der Waals surface area contributed by atoms with E-state index in [0.29, 0.717) is 22.4 Å². The van der Waals surface area contributed by atoms with E-state index < -0.39 is 0 Å². The lowest BCUT2D eigenvalue weighted by molar-refractivity contribution is 0.521. The van der Waals surface area contributed by atoms with Crippen LogP contribution in [0.4, 0.5) is 0 Å².